The molecule has 0 fully saturated rings. The van der Waals surface area contributed by atoms with Gasteiger partial charge in [-0.3, -0.25) is 14.0 Å². The van der Waals surface area contributed by atoms with Crippen LogP contribution in [0.1, 0.15) is 27.3 Å². The van der Waals surface area contributed by atoms with Gasteiger partial charge in [-0.05, 0) is 43.5 Å². The summed E-state index contributed by atoms with van der Waals surface area (Å²) in [6.07, 6.45) is 4.37. The van der Waals surface area contributed by atoms with Crippen molar-refractivity contribution >= 4 is 27.9 Å². The van der Waals surface area contributed by atoms with Gasteiger partial charge in [-0.25, -0.2) is 4.98 Å². The standard InChI is InChI=1S/C17H15N3O3S/c1-23-11-7-5-10(6-8-11)15(21)19-12-9-18-17-20(16(12)22)13-3-2-4-14(13)24-17/h5-9H,2-4H2,1H3,(H,19,21). The van der Waals surface area contributed by atoms with E-state index < -0.39 is 0 Å². The first-order chi connectivity index (χ1) is 11.7. The van der Waals surface area contributed by atoms with Gasteiger partial charge in [-0.2, -0.15) is 0 Å². The van der Waals surface area contributed by atoms with E-state index in [0.29, 0.717) is 16.3 Å². The molecule has 1 aliphatic carbocycles. The first-order valence-corrected chi connectivity index (χ1v) is 8.47. The molecule has 0 bridgehead atoms. The van der Waals surface area contributed by atoms with Gasteiger partial charge in [0.05, 0.1) is 13.3 Å². The largest absolute Gasteiger partial charge is 0.497 e. The zero-order valence-electron chi connectivity index (χ0n) is 13.0. The fourth-order valence-electron chi connectivity index (χ4n) is 2.93. The van der Waals surface area contributed by atoms with Crippen LogP contribution in [0, 0.1) is 0 Å². The Labute approximate surface area is 141 Å². The minimum atomic E-state index is -0.344. The maximum absolute atomic E-state index is 12.7. The lowest BCUT2D eigenvalue weighted by atomic mass is 10.2. The molecule has 0 aliphatic heterocycles. The summed E-state index contributed by atoms with van der Waals surface area (Å²) < 4.78 is 6.71. The predicted molar refractivity (Wildman–Crippen MR) is 92.3 cm³/mol. The fourth-order valence-corrected chi connectivity index (χ4v) is 4.10. The third-order valence-corrected chi connectivity index (χ3v) is 5.31. The number of hydrogen-bond acceptors (Lipinski definition) is 5. The second-order valence-corrected chi connectivity index (χ2v) is 6.67. The van der Waals surface area contributed by atoms with Crippen LogP contribution in [0.15, 0.2) is 35.3 Å². The molecular weight excluding hydrogens is 326 g/mol. The van der Waals surface area contributed by atoms with E-state index in [4.69, 9.17) is 4.74 Å². The maximum Gasteiger partial charge on any atom is 0.282 e. The SMILES string of the molecule is COc1ccc(C(=O)Nc2cnc3sc4c(n3c2=O)CCC4)cc1. The number of benzene rings is 1. The lowest BCUT2D eigenvalue weighted by Gasteiger charge is -2.06. The van der Waals surface area contributed by atoms with Crippen LogP contribution in [0.2, 0.25) is 0 Å². The molecule has 0 saturated heterocycles. The molecule has 1 amide bonds. The molecule has 0 radical (unpaired) electrons. The number of aromatic nitrogens is 2. The zero-order valence-corrected chi connectivity index (χ0v) is 13.9. The normalized spacial score (nSPS) is 13.0. The minimum absolute atomic E-state index is 0.195. The number of anilines is 1. The van der Waals surface area contributed by atoms with Gasteiger partial charge in [0, 0.05) is 16.1 Å². The quantitative estimate of drug-likeness (QED) is 0.794. The number of nitrogens with one attached hydrogen (secondary N) is 1. The molecule has 1 aromatic carbocycles. The van der Waals surface area contributed by atoms with Crippen molar-refractivity contribution in [3.05, 3.63) is 57.0 Å². The predicted octanol–water partition coefficient (Wildman–Crippen LogP) is 2.51. The van der Waals surface area contributed by atoms with Crippen LogP contribution in [0.3, 0.4) is 0 Å². The van der Waals surface area contributed by atoms with Crippen LogP contribution in [0.4, 0.5) is 5.69 Å². The van der Waals surface area contributed by atoms with Gasteiger partial charge in [-0.1, -0.05) is 0 Å². The van der Waals surface area contributed by atoms with Crippen LogP contribution in [0.5, 0.6) is 5.75 Å². The molecule has 1 aliphatic rings. The highest BCUT2D eigenvalue weighted by Crippen LogP contribution is 2.29. The number of ether oxygens (including phenoxy) is 1. The lowest BCUT2D eigenvalue weighted by Crippen LogP contribution is -2.23. The monoisotopic (exact) mass is 341 g/mol. The Bertz CT molecular complexity index is 989. The molecule has 2 heterocycles. The molecule has 2 aromatic heterocycles. The summed E-state index contributed by atoms with van der Waals surface area (Å²) in [6.45, 7) is 0. The van der Waals surface area contributed by atoms with Crippen molar-refractivity contribution < 1.29 is 9.53 Å². The number of hydrogen-bond donors (Lipinski definition) is 1. The molecule has 0 spiro atoms. The highest BCUT2D eigenvalue weighted by Gasteiger charge is 2.21. The highest BCUT2D eigenvalue weighted by atomic mass is 32.1. The van der Waals surface area contributed by atoms with Crippen LogP contribution >= 0.6 is 11.3 Å². The smallest absolute Gasteiger partial charge is 0.282 e. The molecule has 122 valence electrons. The van der Waals surface area contributed by atoms with Gasteiger partial charge in [0.15, 0.2) is 4.96 Å². The van der Waals surface area contributed by atoms with Gasteiger partial charge in [0.1, 0.15) is 11.4 Å². The Morgan fingerprint density at radius 2 is 2.08 bits per heavy atom. The molecule has 1 N–H and O–H groups in total. The first kappa shape index (κ1) is 14.9. The molecule has 3 aromatic rings. The topological polar surface area (TPSA) is 72.7 Å². The molecule has 0 atom stereocenters. The van der Waals surface area contributed by atoms with Crippen molar-refractivity contribution in [2.45, 2.75) is 19.3 Å². The Hall–Kier alpha value is -2.67. The van der Waals surface area contributed by atoms with Crippen LogP contribution < -0.4 is 15.6 Å². The van der Waals surface area contributed by atoms with E-state index in [1.54, 1.807) is 47.1 Å². The molecule has 24 heavy (non-hydrogen) atoms. The van der Waals surface area contributed by atoms with Gasteiger partial charge in [0.2, 0.25) is 0 Å². The van der Waals surface area contributed by atoms with Crippen molar-refractivity contribution in [2.75, 3.05) is 12.4 Å². The average Bonchev–Trinajstić information content (AvgIpc) is 3.18. The summed E-state index contributed by atoms with van der Waals surface area (Å²) in [7, 11) is 1.57. The molecular formula is C17H15N3O3S. The number of fused-ring (bicyclic) bond motifs is 3. The van der Waals surface area contributed by atoms with Gasteiger partial charge < -0.3 is 10.1 Å². The number of amides is 1. The van der Waals surface area contributed by atoms with Crippen molar-refractivity contribution in [3.8, 4) is 5.75 Å². The van der Waals surface area contributed by atoms with Crippen molar-refractivity contribution in [2.24, 2.45) is 0 Å². The number of rotatable bonds is 3. The summed E-state index contributed by atoms with van der Waals surface area (Å²) >= 11 is 1.55. The summed E-state index contributed by atoms with van der Waals surface area (Å²) in [6, 6.07) is 6.71. The number of carbonyl (C=O) groups is 1. The van der Waals surface area contributed by atoms with Crippen molar-refractivity contribution in [1.29, 1.82) is 0 Å². The highest BCUT2D eigenvalue weighted by molar-refractivity contribution is 7.17. The van der Waals surface area contributed by atoms with Crippen LogP contribution in [0.25, 0.3) is 4.96 Å². The van der Waals surface area contributed by atoms with Crippen LogP contribution in [-0.4, -0.2) is 22.4 Å². The second kappa shape index (κ2) is 5.76. The Kier molecular flexibility index (Phi) is 3.57. The van der Waals surface area contributed by atoms with E-state index in [9.17, 15) is 9.59 Å². The van der Waals surface area contributed by atoms with Gasteiger partial charge in [-0.15, -0.1) is 11.3 Å². The minimum Gasteiger partial charge on any atom is -0.497 e. The summed E-state index contributed by atoms with van der Waals surface area (Å²) in [5, 5.41) is 2.67. The number of carbonyl (C=O) groups excluding carboxylic acids is 1. The van der Waals surface area contributed by atoms with Gasteiger partial charge >= 0.3 is 0 Å². The van der Waals surface area contributed by atoms with Crippen molar-refractivity contribution in [1.82, 2.24) is 9.38 Å². The summed E-state index contributed by atoms with van der Waals surface area (Å²) in [5.41, 5.74) is 1.46. The maximum atomic E-state index is 12.7. The lowest BCUT2D eigenvalue weighted by molar-refractivity contribution is 0.102. The van der Waals surface area contributed by atoms with Gasteiger partial charge in [0.25, 0.3) is 11.5 Å². The molecule has 4 rings (SSSR count). The van der Waals surface area contributed by atoms with Crippen LogP contribution in [-0.2, 0) is 12.8 Å². The molecule has 0 saturated carbocycles. The number of nitrogens with zero attached hydrogens (tertiary/aromatic N) is 2. The van der Waals surface area contributed by atoms with Crippen molar-refractivity contribution in [3.63, 3.8) is 0 Å². The third kappa shape index (κ3) is 2.37. The van der Waals surface area contributed by atoms with E-state index in [0.717, 1.165) is 25.0 Å². The Morgan fingerprint density at radius 1 is 1.29 bits per heavy atom. The fraction of sp³-hybridized carbons (Fsp3) is 0.235. The first-order valence-electron chi connectivity index (χ1n) is 7.65. The van der Waals surface area contributed by atoms with E-state index in [1.807, 2.05) is 0 Å². The summed E-state index contributed by atoms with van der Waals surface area (Å²) in [5.74, 6) is 0.326. The van der Waals surface area contributed by atoms with E-state index in [1.165, 1.54) is 11.1 Å². The molecule has 7 heteroatoms. The Balaban J connectivity index is 1.68. The Morgan fingerprint density at radius 3 is 2.83 bits per heavy atom. The van der Waals surface area contributed by atoms with E-state index >= 15 is 0 Å². The van der Waals surface area contributed by atoms with E-state index in [-0.39, 0.29) is 17.2 Å². The number of methoxy groups -OCH3 is 1. The average molecular weight is 341 g/mol. The molecule has 0 unspecified atom stereocenters. The number of aryl methyl sites for hydroxylation is 2. The second-order valence-electron chi connectivity index (χ2n) is 5.60. The summed E-state index contributed by atoms with van der Waals surface area (Å²) in [4.78, 5) is 31.3. The van der Waals surface area contributed by atoms with E-state index in [2.05, 4.69) is 10.3 Å². The molecule has 6 nitrogen and oxygen atoms in total. The third-order valence-electron chi connectivity index (χ3n) is 4.15. The number of thiazole rings is 1. The zero-order chi connectivity index (χ0) is 16.7.